The Kier molecular flexibility index (Phi) is 2.59. The molecule has 4 heteroatoms. The molecule has 1 unspecified atom stereocenters. The van der Waals surface area contributed by atoms with Gasteiger partial charge in [0, 0.05) is 24.1 Å². The normalized spacial score (nSPS) is 20.5. The van der Waals surface area contributed by atoms with Crippen LogP contribution in [0.1, 0.15) is 43.6 Å². The van der Waals surface area contributed by atoms with Crippen molar-refractivity contribution < 1.29 is 0 Å². The van der Waals surface area contributed by atoms with Crippen LogP contribution in [0.4, 0.5) is 0 Å². The summed E-state index contributed by atoms with van der Waals surface area (Å²) in [5.74, 6) is 1.88. The summed E-state index contributed by atoms with van der Waals surface area (Å²) in [6.45, 7) is 6.42. The third-order valence-corrected chi connectivity index (χ3v) is 3.40. The SMILES string of the molecule is CC(C)c1nc2cccc(C3CCNC3)n2n1. The lowest BCUT2D eigenvalue weighted by Crippen LogP contribution is -2.11. The molecule has 3 heterocycles. The van der Waals surface area contributed by atoms with Crippen molar-refractivity contribution >= 4 is 5.65 Å². The zero-order valence-electron chi connectivity index (χ0n) is 10.3. The summed E-state index contributed by atoms with van der Waals surface area (Å²) in [6, 6.07) is 6.29. The smallest absolute Gasteiger partial charge is 0.155 e. The predicted molar refractivity (Wildman–Crippen MR) is 67.3 cm³/mol. The Hall–Kier alpha value is -1.42. The Morgan fingerprint density at radius 1 is 1.41 bits per heavy atom. The maximum atomic E-state index is 4.63. The molecule has 1 atom stereocenters. The van der Waals surface area contributed by atoms with Crippen molar-refractivity contribution in [1.82, 2.24) is 19.9 Å². The standard InChI is InChI=1S/C13H18N4/c1-9(2)13-15-12-5-3-4-11(17(12)16-13)10-6-7-14-8-10/h3-5,9-10,14H,6-8H2,1-2H3. The van der Waals surface area contributed by atoms with E-state index < -0.39 is 0 Å². The van der Waals surface area contributed by atoms with E-state index in [1.807, 2.05) is 10.6 Å². The molecule has 1 saturated heterocycles. The van der Waals surface area contributed by atoms with Crippen molar-refractivity contribution in [2.45, 2.75) is 32.1 Å². The fraction of sp³-hybridized carbons (Fsp3) is 0.538. The quantitative estimate of drug-likeness (QED) is 0.857. The molecule has 1 N–H and O–H groups in total. The lowest BCUT2D eigenvalue weighted by molar-refractivity contribution is 0.681. The van der Waals surface area contributed by atoms with Crippen LogP contribution in [-0.2, 0) is 0 Å². The second-order valence-corrected chi connectivity index (χ2v) is 5.04. The second kappa shape index (κ2) is 4.11. The molecule has 0 saturated carbocycles. The summed E-state index contributed by atoms with van der Waals surface area (Å²) in [6.07, 6.45) is 1.19. The van der Waals surface area contributed by atoms with Gasteiger partial charge in [-0.2, -0.15) is 5.10 Å². The number of nitrogens with one attached hydrogen (secondary N) is 1. The topological polar surface area (TPSA) is 42.2 Å². The Balaban J connectivity index is 2.11. The first-order valence-electron chi connectivity index (χ1n) is 6.32. The number of hydrogen-bond donors (Lipinski definition) is 1. The lowest BCUT2D eigenvalue weighted by Gasteiger charge is -2.09. The Morgan fingerprint density at radius 3 is 3.00 bits per heavy atom. The monoisotopic (exact) mass is 230 g/mol. The number of nitrogens with zero attached hydrogens (tertiary/aromatic N) is 3. The summed E-state index contributed by atoms with van der Waals surface area (Å²) >= 11 is 0. The highest BCUT2D eigenvalue weighted by Crippen LogP contribution is 2.23. The summed E-state index contributed by atoms with van der Waals surface area (Å²) in [5.41, 5.74) is 2.25. The lowest BCUT2D eigenvalue weighted by atomic mass is 10.0. The first-order chi connectivity index (χ1) is 8.25. The number of rotatable bonds is 2. The minimum atomic E-state index is 0.379. The molecule has 17 heavy (non-hydrogen) atoms. The molecular weight excluding hydrogens is 212 g/mol. The van der Waals surface area contributed by atoms with E-state index in [1.165, 1.54) is 12.1 Å². The fourth-order valence-corrected chi connectivity index (χ4v) is 2.40. The van der Waals surface area contributed by atoms with Gasteiger partial charge in [0.2, 0.25) is 0 Å². The molecule has 2 aromatic heterocycles. The molecule has 90 valence electrons. The van der Waals surface area contributed by atoms with Crippen LogP contribution in [-0.4, -0.2) is 27.7 Å². The van der Waals surface area contributed by atoms with E-state index in [0.717, 1.165) is 24.6 Å². The number of aromatic nitrogens is 3. The van der Waals surface area contributed by atoms with Crippen molar-refractivity contribution in [3.05, 3.63) is 29.7 Å². The van der Waals surface area contributed by atoms with Gasteiger partial charge in [-0.3, -0.25) is 0 Å². The molecule has 1 fully saturated rings. The molecule has 0 aliphatic carbocycles. The minimum Gasteiger partial charge on any atom is -0.316 e. The van der Waals surface area contributed by atoms with Crippen molar-refractivity contribution in [2.24, 2.45) is 0 Å². The predicted octanol–water partition coefficient (Wildman–Crippen LogP) is 1.93. The highest BCUT2D eigenvalue weighted by molar-refractivity contribution is 5.40. The zero-order valence-corrected chi connectivity index (χ0v) is 10.3. The molecule has 2 aromatic rings. The highest BCUT2D eigenvalue weighted by Gasteiger charge is 2.20. The van der Waals surface area contributed by atoms with Crippen molar-refractivity contribution in [3.63, 3.8) is 0 Å². The number of pyridine rings is 1. The van der Waals surface area contributed by atoms with Gasteiger partial charge in [-0.05, 0) is 25.1 Å². The van der Waals surface area contributed by atoms with E-state index in [2.05, 4.69) is 41.4 Å². The van der Waals surface area contributed by atoms with Crippen LogP contribution in [0.5, 0.6) is 0 Å². The maximum Gasteiger partial charge on any atom is 0.155 e. The summed E-state index contributed by atoms with van der Waals surface area (Å²) in [4.78, 5) is 4.58. The van der Waals surface area contributed by atoms with Crippen LogP contribution >= 0.6 is 0 Å². The second-order valence-electron chi connectivity index (χ2n) is 5.04. The third-order valence-electron chi connectivity index (χ3n) is 3.40. The minimum absolute atomic E-state index is 0.379. The fourth-order valence-electron chi connectivity index (χ4n) is 2.40. The van der Waals surface area contributed by atoms with Gasteiger partial charge >= 0.3 is 0 Å². The summed E-state index contributed by atoms with van der Waals surface area (Å²) < 4.78 is 2.02. The summed E-state index contributed by atoms with van der Waals surface area (Å²) in [7, 11) is 0. The molecule has 0 spiro atoms. The van der Waals surface area contributed by atoms with Gasteiger partial charge in [0.1, 0.15) is 0 Å². The van der Waals surface area contributed by atoms with E-state index in [1.54, 1.807) is 0 Å². The summed E-state index contributed by atoms with van der Waals surface area (Å²) in [5, 5.41) is 8.04. The molecule has 0 radical (unpaired) electrons. The van der Waals surface area contributed by atoms with Gasteiger partial charge in [-0.1, -0.05) is 19.9 Å². The van der Waals surface area contributed by atoms with Crippen LogP contribution in [0.25, 0.3) is 5.65 Å². The zero-order chi connectivity index (χ0) is 11.8. The van der Waals surface area contributed by atoms with Crippen LogP contribution in [0.3, 0.4) is 0 Å². The molecule has 1 aliphatic heterocycles. The van der Waals surface area contributed by atoms with Crippen molar-refractivity contribution in [1.29, 1.82) is 0 Å². The number of hydrogen-bond acceptors (Lipinski definition) is 3. The van der Waals surface area contributed by atoms with E-state index >= 15 is 0 Å². The Labute approximate surface area is 101 Å². The van der Waals surface area contributed by atoms with E-state index in [9.17, 15) is 0 Å². The van der Waals surface area contributed by atoms with Crippen LogP contribution in [0.15, 0.2) is 18.2 Å². The van der Waals surface area contributed by atoms with E-state index in [-0.39, 0.29) is 0 Å². The average Bonchev–Trinajstić information content (AvgIpc) is 2.97. The molecule has 0 bridgehead atoms. The van der Waals surface area contributed by atoms with Gasteiger partial charge < -0.3 is 5.32 Å². The van der Waals surface area contributed by atoms with E-state index in [4.69, 9.17) is 0 Å². The van der Waals surface area contributed by atoms with Crippen LogP contribution in [0, 0.1) is 0 Å². The molecule has 0 aromatic carbocycles. The van der Waals surface area contributed by atoms with Crippen molar-refractivity contribution in [3.8, 4) is 0 Å². The first-order valence-corrected chi connectivity index (χ1v) is 6.32. The Morgan fingerprint density at radius 2 is 2.29 bits per heavy atom. The van der Waals surface area contributed by atoms with Crippen LogP contribution in [0.2, 0.25) is 0 Å². The molecule has 4 nitrogen and oxygen atoms in total. The maximum absolute atomic E-state index is 4.63. The van der Waals surface area contributed by atoms with Gasteiger partial charge in [0.15, 0.2) is 11.5 Å². The highest BCUT2D eigenvalue weighted by atomic mass is 15.3. The molecule has 1 aliphatic rings. The molecule has 3 rings (SSSR count). The third kappa shape index (κ3) is 1.82. The van der Waals surface area contributed by atoms with Gasteiger partial charge in [0.05, 0.1) is 0 Å². The van der Waals surface area contributed by atoms with Gasteiger partial charge in [-0.15, -0.1) is 0 Å². The first kappa shape index (κ1) is 10.7. The number of fused-ring (bicyclic) bond motifs is 1. The largest absolute Gasteiger partial charge is 0.316 e. The van der Waals surface area contributed by atoms with Crippen LogP contribution < -0.4 is 5.32 Å². The Bertz CT molecular complexity index is 523. The van der Waals surface area contributed by atoms with Gasteiger partial charge in [0.25, 0.3) is 0 Å². The average molecular weight is 230 g/mol. The molecule has 0 amide bonds. The van der Waals surface area contributed by atoms with Gasteiger partial charge in [-0.25, -0.2) is 9.50 Å². The van der Waals surface area contributed by atoms with Crippen molar-refractivity contribution in [2.75, 3.05) is 13.1 Å². The van der Waals surface area contributed by atoms with E-state index in [0.29, 0.717) is 11.8 Å². The molecular formula is C13H18N4.